The Morgan fingerprint density at radius 2 is 1.72 bits per heavy atom. The standard InChI is InChI=1S/C19H20N2O4/c22-18(15-9-5-2-6-10-15)21-25-16-11-17(20-12-16)19(23)24-13-14-7-3-1-4-8-14/h1-10,16-17,20H,11-13H2,(H,21,22)/t16-,17+/m1/s1. The molecule has 0 aliphatic carbocycles. The average molecular weight is 340 g/mol. The van der Waals surface area contributed by atoms with Crippen molar-refractivity contribution >= 4 is 11.9 Å². The van der Waals surface area contributed by atoms with E-state index >= 15 is 0 Å². The number of rotatable bonds is 6. The van der Waals surface area contributed by atoms with Crippen molar-refractivity contribution in [3.05, 3.63) is 71.8 Å². The summed E-state index contributed by atoms with van der Waals surface area (Å²) in [5, 5.41) is 3.06. The SMILES string of the molecule is O=C(NO[C@H]1CN[C@H](C(=O)OCc2ccccc2)C1)c1ccccc1. The summed E-state index contributed by atoms with van der Waals surface area (Å²) >= 11 is 0. The zero-order valence-corrected chi connectivity index (χ0v) is 13.7. The molecule has 0 aromatic heterocycles. The number of amides is 1. The van der Waals surface area contributed by atoms with Crippen LogP contribution in [0, 0.1) is 0 Å². The maximum atomic E-state index is 12.1. The van der Waals surface area contributed by atoms with Crippen molar-refractivity contribution in [2.45, 2.75) is 25.2 Å². The number of esters is 1. The molecule has 1 fully saturated rings. The number of nitrogens with one attached hydrogen (secondary N) is 2. The van der Waals surface area contributed by atoms with E-state index in [0.717, 1.165) is 5.56 Å². The molecule has 0 saturated carbocycles. The summed E-state index contributed by atoms with van der Waals surface area (Å²) in [4.78, 5) is 29.4. The maximum absolute atomic E-state index is 12.1. The quantitative estimate of drug-likeness (QED) is 0.620. The summed E-state index contributed by atoms with van der Waals surface area (Å²) in [5.74, 6) is -0.625. The third-order valence-corrected chi connectivity index (χ3v) is 3.95. The lowest BCUT2D eigenvalue weighted by Gasteiger charge is -2.12. The van der Waals surface area contributed by atoms with Gasteiger partial charge in [-0.1, -0.05) is 48.5 Å². The highest BCUT2D eigenvalue weighted by Gasteiger charge is 2.31. The van der Waals surface area contributed by atoms with Crippen LogP contribution in [0.2, 0.25) is 0 Å². The Morgan fingerprint density at radius 1 is 1.04 bits per heavy atom. The summed E-state index contributed by atoms with van der Waals surface area (Å²) < 4.78 is 5.31. The molecule has 2 atom stereocenters. The maximum Gasteiger partial charge on any atom is 0.323 e. The van der Waals surface area contributed by atoms with Crippen LogP contribution < -0.4 is 10.8 Å². The van der Waals surface area contributed by atoms with Crippen molar-refractivity contribution in [1.82, 2.24) is 10.8 Å². The van der Waals surface area contributed by atoms with Gasteiger partial charge in [0.05, 0.1) is 6.10 Å². The van der Waals surface area contributed by atoms with Crippen LogP contribution in [0.1, 0.15) is 22.3 Å². The smallest absolute Gasteiger partial charge is 0.323 e. The Hall–Kier alpha value is -2.70. The molecule has 0 bridgehead atoms. The van der Waals surface area contributed by atoms with Gasteiger partial charge in [-0.25, -0.2) is 5.48 Å². The second-order valence-corrected chi connectivity index (χ2v) is 5.83. The lowest BCUT2D eigenvalue weighted by Crippen LogP contribution is -2.32. The lowest BCUT2D eigenvalue weighted by atomic mass is 10.2. The number of hydrogen-bond acceptors (Lipinski definition) is 5. The van der Waals surface area contributed by atoms with E-state index in [4.69, 9.17) is 9.57 Å². The van der Waals surface area contributed by atoms with E-state index in [2.05, 4.69) is 10.8 Å². The van der Waals surface area contributed by atoms with Crippen LogP contribution in [0.3, 0.4) is 0 Å². The minimum Gasteiger partial charge on any atom is -0.460 e. The number of carbonyl (C=O) groups excluding carboxylic acids is 2. The van der Waals surface area contributed by atoms with E-state index in [9.17, 15) is 9.59 Å². The van der Waals surface area contributed by atoms with Gasteiger partial charge in [-0.2, -0.15) is 0 Å². The highest BCUT2D eigenvalue weighted by molar-refractivity contribution is 5.93. The molecule has 0 unspecified atom stereocenters. The molecule has 1 aliphatic heterocycles. The van der Waals surface area contributed by atoms with Crippen LogP contribution in [0.15, 0.2) is 60.7 Å². The molecule has 1 amide bonds. The van der Waals surface area contributed by atoms with Crippen LogP contribution >= 0.6 is 0 Å². The molecule has 2 aromatic carbocycles. The third-order valence-electron chi connectivity index (χ3n) is 3.95. The van der Waals surface area contributed by atoms with E-state index in [1.807, 2.05) is 36.4 Å². The first-order chi connectivity index (χ1) is 12.2. The zero-order chi connectivity index (χ0) is 17.5. The summed E-state index contributed by atoms with van der Waals surface area (Å²) in [6.45, 7) is 0.717. The summed E-state index contributed by atoms with van der Waals surface area (Å²) in [6, 6.07) is 17.9. The van der Waals surface area contributed by atoms with E-state index in [1.165, 1.54) is 0 Å². The fraction of sp³-hybridized carbons (Fsp3) is 0.263. The molecular weight excluding hydrogens is 320 g/mol. The predicted molar refractivity (Wildman–Crippen MR) is 91.4 cm³/mol. The topological polar surface area (TPSA) is 76.7 Å². The van der Waals surface area contributed by atoms with E-state index in [1.54, 1.807) is 24.3 Å². The number of hydrogen-bond donors (Lipinski definition) is 2. The molecule has 6 heteroatoms. The summed E-state index contributed by atoms with van der Waals surface area (Å²) in [5.41, 5.74) is 3.89. The first-order valence-corrected chi connectivity index (χ1v) is 8.17. The monoisotopic (exact) mass is 340 g/mol. The van der Waals surface area contributed by atoms with Gasteiger partial charge in [0.1, 0.15) is 12.6 Å². The fourth-order valence-electron chi connectivity index (χ4n) is 2.59. The van der Waals surface area contributed by atoms with Gasteiger partial charge in [-0.3, -0.25) is 14.4 Å². The van der Waals surface area contributed by atoms with Crippen LogP contribution in [0.5, 0.6) is 0 Å². The van der Waals surface area contributed by atoms with E-state index < -0.39 is 6.04 Å². The molecule has 2 N–H and O–H groups in total. The van der Waals surface area contributed by atoms with Crippen molar-refractivity contribution in [2.75, 3.05) is 6.54 Å². The van der Waals surface area contributed by atoms with Gasteiger partial charge < -0.3 is 10.1 Å². The van der Waals surface area contributed by atoms with Gasteiger partial charge in [-0.05, 0) is 17.7 Å². The highest BCUT2D eigenvalue weighted by atomic mass is 16.7. The van der Waals surface area contributed by atoms with Crippen molar-refractivity contribution in [3.8, 4) is 0 Å². The van der Waals surface area contributed by atoms with Gasteiger partial charge in [0, 0.05) is 18.5 Å². The first-order valence-electron chi connectivity index (χ1n) is 8.17. The molecule has 130 valence electrons. The predicted octanol–water partition coefficient (Wildman–Crippen LogP) is 1.82. The summed E-state index contributed by atoms with van der Waals surface area (Å²) in [7, 11) is 0. The van der Waals surface area contributed by atoms with Gasteiger partial charge in [0.25, 0.3) is 5.91 Å². The number of hydroxylamine groups is 1. The largest absolute Gasteiger partial charge is 0.460 e. The van der Waals surface area contributed by atoms with Crippen molar-refractivity contribution in [1.29, 1.82) is 0 Å². The Kier molecular flexibility index (Phi) is 5.77. The molecule has 0 spiro atoms. The van der Waals surface area contributed by atoms with Crippen molar-refractivity contribution in [2.24, 2.45) is 0 Å². The first kappa shape index (κ1) is 17.1. The van der Waals surface area contributed by atoms with E-state index in [-0.39, 0.29) is 24.6 Å². The second kappa shape index (κ2) is 8.41. The van der Waals surface area contributed by atoms with Crippen LogP contribution in [0.4, 0.5) is 0 Å². The minimum absolute atomic E-state index is 0.244. The number of ether oxygens (including phenoxy) is 1. The molecule has 1 heterocycles. The van der Waals surface area contributed by atoms with Gasteiger partial charge in [-0.15, -0.1) is 0 Å². The number of carbonyl (C=O) groups is 2. The second-order valence-electron chi connectivity index (χ2n) is 5.83. The molecule has 6 nitrogen and oxygen atoms in total. The van der Waals surface area contributed by atoms with Crippen LogP contribution in [-0.2, 0) is 21.0 Å². The van der Waals surface area contributed by atoms with Crippen LogP contribution in [-0.4, -0.2) is 30.6 Å². The fourth-order valence-corrected chi connectivity index (χ4v) is 2.59. The minimum atomic E-state index is -0.428. The molecular formula is C19H20N2O4. The zero-order valence-electron chi connectivity index (χ0n) is 13.7. The van der Waals surface area contributed by atoms with Crippen LogP contribution in [0.25, 0.3) is 0 Å². The Morgan fingerprint density at radius 3 is 2.44 bits per heavy atom. The molecule has 1 aliphatic rings. The van der Waals surface area contributed by atoms with Gasteiger partial charge in [0.2, 0.25) is 0 Å². The lowest BCUT2D eigenvalue weighted by molar-refractivity contribution is -0.147. The summed E-state index contributed by atoms with van der Waals surface area (Å²) in [6.07, 6.45) is 0.171. The van der Waals surface area contributed by atoms with E-state index in [0.29, 0.717) is 18.5 Å². The third kappa shape index (κ3) is 4.89. The highest BCUT2D eigenvalue weighted by Crippen LogP contribution is 2.12. The molecule has 2 aromatic rings. The van der Waals surface area contributed by atoms with Gasteiger partial charge >= 0.3 is 5.97 Å². The molecule has 3 rings (SSSR count). The Labute approximate surface area is 146 Å². The van der Waals surface area contributed by atoms with Crippen molar-refractivity contribution in [3.63, 3.8) is 0 Å². The number of benzene rings is 2. The normalized spacial score (nSPS) is 19.4. The average Bonchev–Trinajstić information content (AvgIpc) is 3.15. The van der Waals surface area contributed by atoms with Crippen molar-refractivity contribution < 1.29 is 19.2 Å². The molecule has 0 radical (unpaired) electrons. The Balaban J connectivity index is 1.41. The molecule has 1 saturated heterocycles. The van der Waals surface area contributed by atoms with Gasteiger partial charge in [0.15, 0.2) is 0 Å². The Bertz CT molecular complexity index is 706. The molecule has 25 heavy (non-hydrogen) atoms.